The van der Waals surface area contributed by atoms with Gasteiger partial charge in [0, 0.05) is 45.3 Å². The highest BCUT2D eigenvalue weighted by Gasteiger charge is 2.25. The van der Waals surface area contributed by atoms with E-state index in [-0.39, 0.29) is 17.9 Å². The summed E-state index contributed by atoms with van der Waals surface area (Å²) in [6.07, 6.45) is 0.719. The van der Waals surface area contributed by atoms with Crippen molar-refractivity contribution in [2.75, 3.05) is 47.0 Å². The molecule has 1 atom stereocenters. The number of nitrogens with two attached hydrogens (primary N) is 1. The molecule has 1 heterocycles. The van der Waals surface area contributed by atoms with Crippen LogP contribution in [0.25, 0.3) is 0 Å². The van der Waals surface area contributed by atoms with Crippen LogP contribution in [0, 0.1) is 5.92 Å². The number of amides is 1. The number of carbonyl (C=O) groups excluding carboxylic acids is 1. The molecule has 0 spiro atoms. The van der Waals surface area contributed by atoms with Crippen LogP contribution in [0.1, 0.15) is 27.2 Å². The van der Waals surface area contributed by atoms with Crippen LogP contribution in [0.5, 0.6) is 0 Å². The molecule has 7 nitrogen and oxygen atoms in total. The summed E-state index contributed by atoms with van der Waals surface area (Å²) in [6, 6.07) is 0. The minimum atomic E-state index is -0.0914. The number of carbonyl (C=O) groups is 1. The maximum Gasteiger partial charge on any atom is 0.222 e. The van der Waals surface area contributed by atoms with Crippen molar-refractivity contribution < 1.29 is 14.3 Å². The minimum absolute atomic E-state index is 0.0226. The van der Waals surface area contributed by atoms with Crippen LogP contribution in [0.15, 0.2) is 11.4 Å². The van der Waals surface area contributed by atoms with Crippen molar-refractivity contribution in [1.82, 2.24) is 15.2 Å². The van der Waals surface area contributed by atoms with E-state index in [4.69, 9.17) is 15.3 Å². The van der Waals surface area contributed by atoms with Gasteiger partial charge in [-0.05, 0) is 6.42 Å². The van der Waals surface area contributed by atoms with Gasteiger partial charge in [-0.25, -0.2) is 5.84 Å². The molecule has 3 N–H and O–H groups in total. The number of nitrogens with one attached hydrogen (secondary N) is 1. The molecule has 0 bridgehead atoms. The van der Waals surface area contributed by atoms with Gasteiger partial charge in [-0.2, -0.15) is 0 Å². The molecule has 1 rings (SSSR count). The number of ether oxygens (including phenoxy) is 2. The SMILES string of the molecule is CCC(OC)/C(CNC(=O)C(C)C)=C(\N(C)N)N1CCOCC1. The number of hydrogen-bond acceptors (Lipinski definition) is 6. The average Bonchev–Trinajstić information content (AvgIpc) is 2.53. The van der Waals surface area contributed by atoms with Gasteiger partial charge in [0.15, 0.2) is 0 Å². The van der Waals surface area contributed by atoms with Crippen LogP contribution >= 0.6 is 0 Å². The fourth-order valence-corrected chi connectivity index (χ4v) is 2.71. The lowest BCUT2D eigenvalue weighted by Crippen LogP contribution is -2.46. The normalized spacial score (nSPS) is 17.8. The fraction of sp³-hybridized carbons (Fsp3) is 0.812. The molecule has 1 amide bonds. The lowest BCUT2D eigenvalue weighted by Gasteiger charge is -2.37. The molecule has 0 aromatic heterocycles. The van der Waals surface area contributed by atoms with Crippen molar-refractivity contribution in [3.05, 3.63) is 11.4 Å². The Morgan fingerprint density at radius 1 is 1.39 bits per heavy atom. The first-order chi connectivity index (χ1) is 10.9. The molecule has 23 heavy (non-hydrogen) atoms. The molecule has 1 unspecified atom stereocenters. The standard InChI is InChI=1S/C16H32N4O3/c1-6-14(22-5)13(11-18-15(21)12(2)3)16(19(4)17)20-7-9-23-10-8-20/h12,14H,6-11,17H2,1-5H3,(H,18,21)/b16-13+. The van der Waals surface area contributed by atoms with Gasteiger partial charge in [0.05, 0.1) is 19.3 Å². The molecule has 0 radical (unpaired) electrons. The first-order valence-electron chi connectivity index (χ1n) is 8.27. The Kier molecular flexibility index (Phi) is 8.36. The van der Waals surface area contributed by atoms with Gasteiger partial charge in [0.25, 0.3) is 0 Å². The van der Waals surface area contributed by atoms with E-state index in [0.29, 0.717) is 19.8 Å². The molecule has 0 saturated carbocycles. The fourth-order valence-electron chi connectivity index (χ4n) is 2.71. The predicted molar refractivity (Wildman–Crippen MR) is 90.3 cm³/mol. The quantitative estimate of drug-likeness (QED) is 0.500. The third-order valence-electron chi connectivity index (χ3n) is 3.95. The summed E-state index contributed by atoms with van der Waals surface area (Å²) in [7, 11) is 3.50. The first kappa shape index (κ1) is 19.7. The monoisotopic (exact) mass is 328 g/mol. The number of hydrazine groups is 1. The zero-order valence-electron chi connectivity index (χ0n) is 15.1. The summed E-state index contributed by atoms with van der Waals surface area (Å²) >= 11 is 0. The van der Waals surface area contributed by atoms with Gasteiger partial charge in [-0.15, -0.1) is 0 Å². The maximum atomic E-state index is 12.0. The van der Waals surface area contributed by atoms with Crippen LogP contribution in [0.2, 0.25) is 0 Å². The Morgan fingerprint density at radius 3 is 2.43 bits per heavy atom. The van der Waals surface area contributed by atoms with Crippen LogP contribution in [-0.2, 0) is 14.3 Å². The number of hydrogen-bond donors (Lipinski definition) is 2. The Morgan fingerprint density at radius 2 is 2.00 bits per heavy atom. The van der Waals surface area contributed by atoms with Crippen LogP contribution in [-0.4, -0.2) is 68.9 Å². The molecule has 0 aromatic rings. The Labute approximate surface area is 139 Å². The van der Waals surface area contributed by atoms with Crippen molar-refractivity contribution in [3.63, 3.8) is 0 Å². The second-order valence-corrected chi connectivity index (χ2v) is 6.06. The Hall–Kier alpha value is -1.31. The van der Waals surface area contributed by atoms with Crippen LogP contribution in [0.3, 0.4) is 0 Å². The zero-order valence-corrected chi connectivity index (χ0v) is 15.1. The molecular weight excluding hydrogens is 296 g/mol. The zero-order chi connectivity index (χ0) is 17.4. The highest BCUT2D eigenvalue weighted by molar-refractivity contribution is 5.78. The third-order valence-corrected chi connectivity index (χ3v) is 3.95. The molecular formula is C16H32N4O3. The molecule has 0 aliphatic carbocycles. The van der Waals surface area contributed by atoms with Gasteiger partial charge in [0.2, 0.25) is 5.91 Å². The van der Waals surface area contributed by atoms with E-state index < -0.39 is 0 Å². The number of rotatable bonds is 8. The van der Waals surface area contributed by atoms with Crippen molar-refractivity contribution in [2.45, 2.75) is 33.3 Å². The summed E-state index contributed by atoms with van der Waals surface area (Å²) in [6.45, 7) is 9.15. The second-order valence-electron chi connectivity index (χ2n) is 6.06. The van der Waals surface area contributed by atoms with Gasteiger partial charge in [0.1, 0.15) is 5.82 Å². The van der Waals surface area contributed by atoms with Crippen molar-refractivity contribution in [2.24, 2.45) is 11.8 Å². The van der Waals surface area contributed by atoms with Crippen LogP contribution in [0.4, 0.5) is 0 Å². The van der Waals surface area contributed by atoms with Crippen molar-refractivity contribution in [3.8, 4) is 0 Å². The highest BCUT2D eigenvalue weighted by Crippen LogP contribution is 2.20. The number of methoxy groups -OCH3 is 1. The van der Waals surface area contributed by atoms with E-state index in [1.54, 1.807) is 12.1 Å². The summed E-state index contributed by atoms with van der Waals surface area (Å²) in [5.41, 5.74) is 0.996. The van der Waals surface area contributed by atoms with Crippen molar-refractivity contribution >= 4 is 5.91 Å². The summed E-state index contributed by atoms with van der Waals surface area (Å²) in [5.74, 6) is 6.98. The van der Waals surface area contributed by atoms with E-state index >= 15 is 0 Å². The van der Waals surface area contributed by atoms with Gasteiger partial charge in [-0.3, -0.25) is 9.80 Å². The average molecular weight is 328 g/mol. The molecule has 1 aliphatic rings. The lowest BCUT2D eigenvalue weighted by molar-refractivity contribution is -0.123. The first-order valence-corrected chi connectivity index (χ1v) is 8.27. The van der Waals surface area contributed by atoms with Crippen LogP contribution < -0.4 is 11.2 Å². The number of morpholine rings is 1. The smallest absolute Gasteiger partial charge is 0.222 e. The molecule has 1 aliphatic heterocycles. The minimum Gasteiger partial charge on any atom is -0.378 e. The lowest BCUT2D eigenvalue weighted by atomic mass is 10.1. The van der Waals surface area contributed by atoms with Gasteiger partial charge in [-0.1, -0.05) is 20.8 Å². The predicted octanol–water partition coefficient (Wildman–Crippen LogP) is 0.533. The number of nitrogens with zero attached hydrogens (tertiary/aromatic N) is 2. The molecule has 134 valence electrons. The molecule has 1 fully saturated rings. The summed E-state index contributed by atoms with van der Waals surface area (Å²) < 4.78 is 11.1. The Bertz CT molecular complexity index is 400. The topological polar surface area (TPSA) is 80.1 Å². The highest BCUT2D eigenvalue weighted by atomic mass is 16.5. The molecule has 7 heteroatoms. The van der Waals surface area contributed by atoms with E-state index in [1.165, 1.54) is 0 Å². The summed E-state index contributed by atoms with van der Waals surface area (Å²) in [4.78, 5) is 14.2. The van der Waals surface area contributed by atoms with Gasteiger partial charge < -0.3 is 19.7 Å². The van der Waals surface area contributed by atoms with E-state index in [9.17, 15) is 4.79 Å². The van der Waals surface area contributed by atoms with E-state index in [0.717, 1.165) is 30.9 Å². The van der Waals surface area contributed by atoms with E-state index in [2.05, 4.69) is 17.1 Å². The van der Waals surface area contributed by atoms with Crippen molar-refractivity contribution in [1.29, 1.82) is 0 Å². The molecule has 0 aromatic carbocycles. The Balaban J connectivity index is 3.10. The third kappa shape index (κ3) is 5.67. The molecule has 1 saturated heterocycles. The largest absolute Gasteiger partial charge is 0.378 e. The summed E-state index contributed by atoms with van der Waals surface area (Å²) in [5, 5.41) is 4.60. The maximum absolute atomic E-state index is 12.0. The van der Waals surface area contributed by atoms with E-state index in [1.807, 2.05) is 20.9 Å². The van der Waals surface area contributed by atoms with Gasteiger partial charge >= 0.3 is 0 Å². The second kappa shape index (κ2) is 9.75.